The number of rotatable bonds is 6. The van der Waals surface area contributed by atoms with Gasteiger partial charge < -0.3 is 10.1 Å². The van der Waals surface area contributed by atoms with Crippen molar-refractivity contribution in [2.24, 2.45) is 5.92 Å². The van der Waals surface area contributed by atoms with Crippen molar-refractivity contribution in [3.63, 3.8) is 0 Å². The summed E-state index contributed by atoms with van der Waals surface area (Å²) >= 11 is 1.42. The van der Waals surface area contributed by atoms with E-state index >= 15 is 0 Å². The topological polar surface area (TPSA) is 55.4 Å². The lowest BCUT2D eigenvalue weighted by Crippen LogP contribution is -2.24. The van der Waals surface area contributed by atoms with Crippen molar-refractivity contribution < 1.29 is 14.3 Å². The van der Waals surface area contributed by atoms with E-state index in [0.717, 1.165) is 36.3 Å². The molecule has 1 fully saturated rings. The van der Waals surface area contributed by atoms with Crippen LogP contribution in [0.15, 0.2) is 29.2 Å². The third-order valence-corrected chi connectivity index (χ3v) is 4.71. The second-order valence-corrected chi connectivity index (χ2v) is 6.49. The van der Waals surface area contributed by atoms with E-state index < -0.39 is 0 Å². The van der Waals surface area contributed by atoms with Gasteiger partial charge in [0, 0.05) is 16.5 Å². The number of hydrogen-bond donors (Lipinski definition) is 1. The fourth-order valence-electron chi connectivity index (χ4n) is 2.62. The Hall–Kier alpha value is -1.49. The maximum absolute atomic E-state index is 12.2. The zero-order chi connectivity index (χ0) is 15.8. The van der Waals surface area contributed by atoms with E-state index in [4.69, 9.17) is 4.74 Å². The third kappa shape index (κ3) is 5.37. The molecule has 120 valence electrons. The largest absolute Gasteiger partial charge is 0.465 e. The first-order chi connectivity index (χ1) is 10.7. The fourth-order valence-corrected chi connectivity index (χ4v) is 3.37. The molecule has 4 nitrogen and oxygen atoms in total. The second-order valence-electron chi connectivity index (χ2n) is 5.45. The predicted molar refractivity (Wildman–Crippen MR) is 89.0 cm³/mol. The highest BCUT2D eigenvalue weighted by atomic mass is 32.2. The summed E-state index contributed by atoms with van der Waals surface area (Å²) in [4.78, 5) is 24.6. The van der Waals surface area contributed by atoms with Gasteiger partial charge >= 0.3 is 5.97 Å². The molecular formula is C17H23NO3S. The first-order valence-electron chi connectivity index (χ1n) is 7.88. The molecule has 0 saturated heterocycles. The van der Waals surface area contributed by atoms with Crippen LogP contribution in [-0.2, 0) is 14.3 Å². The Morgan fingerprint density at radius 2 is 2.05 bits per heavy atom. The van der Waals surface area contributed by atoms with E-state index in [-0.39, 0.29) is 23.5 Å². The second kappa shape index (κ2) is 8.83. The summed E-state index contributed by atoms with van der Waals surface area (Å²) < 4.78 is 4.91. The van der Waals surface area contributed by atoms with Crippen molar-refractivity contribution in [1.29, 1.82) is 0 Å². The minimum atomic E-state index is -0.218. The summed E-state index contributed by atoms with van der Waals surface area (Å²) in [5.74, 6) is 0.328. The van der Waals surface area contributed by atoms with Crippen LogP contribution in [0.3, 0.4) is 0 Å². The van der Waals surface area contributed by atoms with Gasteiger partial charge in [-0.2, -0.15) is 0 Å². The first-order valence-corrected chi connectivity index (χ1v) is 8.87. The standard InChI is InChI=1S/C17H23NO3S/c1-2-21-16(19)12-22-15-10-6-9-14(11-15)18-17(20)13-7-4-3-5-8-13/h6,9-11,13H,2-5,7-8,12H2,1H3,(H,18,20). The molecular weight excluding hydrogens is 298 g/mol. The monoisotopic (exact) mass is 321 g/mol. The number of esters is 1. The van der Waals surface area contributed by atoms with Crippen molar-refractivity contribution in [1.82, 2.24) is 0 Å². The number of ether oxygens (including phenoxy) is 1. The fraction of sp³-hybridized carbons (Fsp3) is 0.529. The molecule has 1 saturated carbocycles. The van der Waals surface area contributed by atoms with Crippen LogP contribution in [0, 0.1) is 5.92 Å². The van der Waals surface area contributed by atoms with Crippen LogP contribution in [0.2, 0.25) is 0 Å². The Morgan fingerprint density at radius 3 is 2.77 bits per heavy atom. The maximum Gasteiger partial charge on any atom is 0.316 e. The Labute approximate surface area is 136 Å². The summed E-state index contributed by atoms with van der Waals surface area (Å²) in [5, 5.41) is 3.00. The molecule has 1 N–H and O–H groups in total. The molecule has 0 atom stereocenters. The highest BCUT2D eigenvalue weighted by molar-refractivity contribution is 8.00. The van der Waals surface area contributed by atoms with E-state index in [9.17, 15) is 9.59 Å². The molecule has 1 aliphatic rings. The smallest absolute Gasteiger partial charge is 0.316 e. The lowest BCUT2D eigenvalue weighted by atomic mass is 9.88. The molecule has 0 unspecified atom stereocenters. The van der Waals surface area contributed by atoms with E-state index in [1.165, 1.54) is 18.2 Å². The van der Waals surface area contributed by atoms with Gasteiger partial charge in [-0.1, -0.05) is 25.3 Å². The molecule has 1 aliphatic carbocycles. The molecule has 0 aliphatic heterocycles. The first kappa shape index (κ1) is 16.9. The Morgan fingerprint density at radius 1 is 1.27 bits per heavy atom. The quantitative estimate of drug-likeness (QED) is 0.638. The summed E-state index contributed by atoms with van der Waals surface area (Å²) in [5.41, 5.74) is 0.796. The molecule has 2 rings (SSSR count). The van der Waals surface area contributed by atoms with Crippen molar-refractivity contribution in [2.45, 2.75) is 43.9 Å². The SMILES string of the molecule is CCOC(=O)CSc1cccc(NC(=O)C2CCCCC2)c1. The number of benzene rings is 1. The Balaban J connectivity index is 1.87. The highest BCUT2D eigenvalue weighted by Gasteiger charge is 2.21. The van der Waals surface area contributed by atoms with Gasteiger partial charge in [-0.3, -0.25) is 9.59 Å². The number of carbonyl (C=O) groups excluding carboxylic acids is 2. The molecule has 5 heteroatoms. The van der Waals surface area contributed by atoms with Gasteiger partial charge in [0.05, 0.1) is 12.4 Å². The van der Waals surface area contributed by atoms with E-state index in [1.54, 1.807) is 6.92 Å². The van der Waals surface area contributed by atoms with Crippen molar-refractivity contribution in [2.75, 3.05) is 17.7 Å². The maximum atomic E-state index is 12.2. The number of amides is 1. The summed E-state index contributed by atoms with van der Waals surface area (Å²) in [7, 11) is 0. The Kier molecular flexibility index (Phi) is 6.77. The van der Waals surface area contributed by atoms with E-state index in [0.29, 0.717) is 6.61 Å². The molecule has 1 amide bonds. The zero-order valence-electron chi connectivity index (χ0n) is 13.0. The van der Waals surface area contributed by atoms with Gasteiger partial charge in [0.2, 0.25) is 5.91 Å². The average molecular weight is 321 g/mol. The minimum Gasteiger partial charge on any atom is -0.465 e. The summed E-state index contributed by atoms with van der Waals surface area (Å²) in [6.45, 7) is 2.20. The molecule has 1 aromatic carbocycles. The van der Waals surface area contributed by atoms with Gasteiger partial charge in [0.15, 0.2) is 0 Å². The molecule has 22 heavy (non-hydrogen) atoms. The number of anilines is 1. The molecule has 0 heterocycles. The van der Waals surface area contributed by atoms with Gasteiger partial charge in [-0.25, -0.2) is 0 Å². The molecule has 0 spiro atoms. The van der Waals surface area contributed by atoms with E-state index in [2.05, 4.69) is 5.32 Å². The number of hydrogen-bond acceptors (Lipinski definition) is 4. The van der Waals surface area contributed by atoms with Crippen LogP contribution in [0.5, 0.6) is 0 Å². The predicted octanol–water partition coefficient (Wildman–Crippen LogP) is 3.86. The summed E-state index contributed by atoms with van der Waals surface area (Å²) in [6, 6.07) is 7.61. The third-order valence-electron chi connectivity index (χ3n) is 3.74. The van der Waals surface area contributed by atoms with Gasteiger partial charge in [0.25, 0.3) is 0 Å². The zero-order valence-corrected chi connectivity index (χ0v) is 13.8. The van der Waals surface area contributed by atoms with Crippen molar-refractivity contribution >= 4 is 29.3 Å². The lowest BCUT2D eigenvalue weighted by Gasteiger charge is -2.20. The van der Waals surface area contributed by atoms with Crippen LogP contribution < -0.4 is 5.32 Å². The van der Waals surface area contributed by atoms with Crippen LogP contribution in [0.25, 0.3) is 0 Å². The van der Waals surface area contributed by atoms with Crippen molar-refractivity contribution in [3.8, 4) is 0 Å². The normalized spacial score (nSPS) is 15.3. The molecule has 0 bridgehead atoms. The Bertz CT molecular complexity index is 512. The average Bonchev–Trinajstić information content (AvgIpc) is 2.54. The van der Waals surface area contributed by atoms with Gasteiger partial charge in [-0.05, 0) is 38.0 Å². The van der Waals surface area contributed by atoms with Crippen molar-refractivity contribution in [3.05, 3.63) is 24.3 Å². The number of nitrogens with one attached hydrogen (secondary N) is 1. The van der Waals surface area contributed by atoms with Gasteiger partial charge in [0.1, 0.15) is 0 Å². The van der Waals surface area contributed by atoms with E-state index in [1.807, 2.05) is 24.3 Å². The summed E-state index contributed by atoms with van der Waals surface area (Å²) in [6.07, 6.45) is 5.51. The minimum absolute atomic E-state index is 0.118. The molecule has 0 radical (unpaired) electrons. The molecule has 1 aromatic rings. The highest BCUT2D eigenvalue weighted by Crippen LogP contribution is 2.26. The lowest BCUT2D eigenvalue weighted by molar-refractivity contribution is -0.139. The van der Waals surface area contributed by atoms with Gasteiger partial charge in [-0.15, -0.1) is 11.8 Å². The molecule has 0 aromatic heterocycles. The number of thioether (sulfide) groups is 1. The van der Waals surface area contributed by atoms with Crippen LogP contribution in [-0.4, -0.2) is 24.2 Å². The van der Waals surface area contributed by atoms with Crippen LogP contribution in [0.1, 0.15) is 39.0 Å². The number of carbonyl (C=O) groups is 2. The van der Waals surface area contributed by atoms with Crippen LogP contribution >= 0.6 is 11.8 Å². The van der Waals surface area contributed by atoms with Crippen LogP contribution in [0.4, 0.5) is 5.69 Å².